The molecule has 0 amide bonds. The molecule has 0 N–H and O–H groups in total. The normalized spacial score (nSPS) is 12.5. The fourth-order valence-corrected chi connectivity index (χ4v) is 3.53. The van der Waals surface area contributed by atoms with Gasteiger partial charge in [-0.15, -0.1) is 0 Å². The first kappa shape index (κ1) is 18.8. The van der Waals surface area contributed by atoms with Crippen LogP contribution in [0.3, 0.4) is 0 Å². The van der Waals surface area contributed by atoms with Gasteiger partial charge in [0, 0.05) is 0 Å². The number of hydrogen-bond acceptors (Lipinski definition) is 2. The monoisotopic (exact) mass is 288 g/mol. The lowest BCUT2D eigenvalue weighted by Gasteiger charge is -2.04. The highest BCUT2D eigenvalue weighted by atomic mass is 32.2. The van der Waals surface area contributed by atoms with E-state index in [4.69, 9.17) is 0 Å². The number of unbranched alkanes of at least 4 members (excludes halogenated alkanes) is 10. The summed E-state index contributed by atoms with van der Waals surface area (Å²) < 4.78 is 0. The quantitative estimate of drug-likeness (QED) is 0.363. The molecule has 19 heavy (non-hydrogen) atoms. The minimum Gasteiger partial charge on any atom is -0.545 e. The minimum absolute atomic E-state index is 0.0242. The van der Waals surface area contributed by atoms with Crippen molar-refractivity contribution in [3.05, 3.63) is 0 Å². The van der Waals surface area contributed by atoms with Crippen LogP contribution in [0, 0.1) is 0 Å². The zero-order chi connectivity index (χ0) is 14.3. The van der Waals surface area contributed by atoms with E-state index in [2.05, 4.69) is 6.92 Å². The molecule has 0 aliphatic rings. The summed E-state index contributed by atoms with van der Waals surface area (Å²) in [4.78, 5) is 10.4. The highest BCUT2D eigenvalue weighted by molar-refractivity contribution is 7.96. The second kappa shape index (κ2) is 14.2. The molecule has 0 heterocycles. The molecule has 1 unspecified atom stereocenters. The third kappa shape index (κ3) is 15.8. The lowest BCUT2D eigenvalue weighted by Crippen LogP contribution is -2.31. The SMILES string of the molecule is CCCCCCCCCCCCC[S+](C)CC(=O)[O-]. The lowest BCUT2D eigenvalue weighted by atomic mass is 10.1. The summed E-state index contributed by atoms with van der Waals surface area (Å²) in [5, 5.41) is 10.4. The van der Waals surface area contributed by atoms with Crippen LogP contribution in [0.5, 0.6) is 0 Å². The number of rotatable bonds is 14. The van der Waals surface area contributed by atoms with Crippen LogP contribution in [0.15, 0.2) is 0 Å². The maximum atomic E-state index is 10.4. The Morgan fingerprint density at radius 2 is 1.26 bits per heavy atom. The molecule has 0 saturated heterocycles. The number of hydrogen-bond donors (Lipinski definition) is 0. The molecule has 0 aliphatic heterocycles. The van der Waals surface area contributed by atoms with E-state index in [0.29, 0.717) is 0 Å². The summed E-state index contributed by atoms with van der Waals surface area (Å²) in [6.07, 6.45) is 16.9. The number of carbonyl (C=O) groups is 1. The lowest BCUT2D eigenvalue weighted by molar-refractivity contribution is -0.301. The van der Waals surface area contributed by atoms with E-state index < -0.39 is 5.97 Å². The van der Waals surface area contributed by atoms with Gasteiger partial charge in [-0.2, -0.15) is 0 Å². The first-order valence-corrected chi connectivity index (χ1v) is 9.93. The van der Waals surface area contributed by atoms with E-state index in [9.17, 15) is 9.90 Å². The van der Waals surface area contributed by atoms with Crippen LogP contribution in [0.4, 0.5) is 0 Å². The number of carboxylic acid groups (broad SMARTS) is 1. The van der Waals surface area contributed by atoms with Crippen LogP contribution < -0.4 is 5.11 Å². The Bertz CT molecular complexity index is 207. The summed E-state index contributed by atoms with van der Waals surface area (Å²) >= 11 is 0. The predicted molar refractivity (Wildman–Crippen MR) is 84.5 cm³/mol. The molecule has 0 aromatic rings. The smallest absolute Gasteiger partial charge is 0.147 e. The van der Waals surface area contributed by atoms with Gasteiger partial charge in [0.15, 0.2) is 0 Å². The van der Waals surface area contributed by atoms with Crippen molar-refractivity contribution in [1.29, 1.82) is 0 Å². The van der Waals surface area contributed by atoms with Gasteiger partial charge in [0.2, 0.25) is 0 Å². The van der Waals surface area contributed by atoms with Crippen molar-refractivity contribution >= 4 is 16.9 Å². The van der Waals surface area contributed by atoms with Gasteiger partial charge in [0.05, 0.1) is 12.2 Å². The molecule has 0 rings (SSSR count). The summed E-state index contributed by atoms with van der Waals surface area (Å²) in [5.74, 6) is 0.414. The van der Waals surface area contributed by atoms with Crippen molar-refractivity contribution in [3.8, 4) is 0 Å². The minimum atomic E-state index is -0.895. The van der Waals surface area contributed by atoms with Gasteiger partial charge in [-0.05, 0) is 23.7 Å². The molecule has 1 atom stereocenters. The average Bonchev–Trinajstić information content (AvgIpc) is 2.35. The van der Waals surface area contributed by atoms with E-state index in [1.54, 1.807) is 0 Å². The largest absolute Gasteiger partial charge is 0.545 e. The molecule has 0 spiro atoms. The first-order valence-electron chi connectivity index (χ1n) is 7.95. The Labute approximate surface area is 122 Å². The van der Waals surface area contributed by atoms with E-state index in [0.717, 1.165) is 5.75 Å². The van der Waals surface area contributed by atoms with E-state index in [-0.39, 0.29) is 16.6 Å². The molecule has 0 bridgehead atoms. The van der Waals surface area contributed by atoms with Crippen molar-refractivity contribution in [2.75, 3.05) is 17.8 Å². The highest BCUT2D eigenvalue weighted by Gasteiger charge is 2.09. The van der Waals surface area contributed by atoms with Gasteiger partial charge in [-0.3, -0.25) is 0 Å². The van der Waals surface area contributed by atoms with Crippen molar-refractivity contribution in [1.82, 2.24) is 0 Å². The summed E-state index contributed by atoms with van der Waals surface area (Å²) in [5.41, 5.74) is 0. The van der Waals surface area contributed by atoms with Gasteiger partial charge < -0.3 is 9.90 Å². The van der Waals surface area contributed by atoms with Gasteiger partial charge in [-0.25, -0.2) is 0 Å². The second-order valence-corrected chi connectivity index (χ2v) is 7.80. The summed E-state index contributed by atoms with van der Waals surface area (Å²) in [6.45, 7) is 2.26. The Kier molecular flexibility index (Phi) is 14.1. The number of aliphatic carboxylic acids is 1. The topological polar surface area (TPSA) is 40.1 Å². The Morgan fingerprint density at radius 3 is 1.68 bits per heavy atom. The third-order valence-electron chi connectivity index (χ3n) is 3.46. The number of carboxylic acids is 1. The molecule has 0 radical (unpaired) electrons. The van der Waals surface area contributed by atoms with Crippen LogP contribution >= 0.6 is 0 Å². The fourth-order valence-electron chi connectivity index (χ4n) is 2.29. The Morgan fingerprint density at radius 1 is 0.842 bits per heavy atom. The van der Waals surface area contributed by atoms with Gasteiger partial charge in [0.25, 0.3) is 0 Å². The van der Waals surface area contributed by atoms with Crippen LogP contribution in [0.1, 0.15) is 77.6 Å². The van der Waals surface area contributed by atoms with E-state index >= 15 is 0 Å². The second-order valence-electron chi connectivity index (χ2n) is 5.54. The van der Waals surface area contributed by atoms with Crippen molar-refractivity contribution < 1.29 is 9.90 Å². The predicted octanol–water partition coefficient (Wildman–Crippen LogP) is 3.30. The molecule has 3 heteroatoms. The summed E-state index contributed by atoms with van der Waals surface area (Å²) in [7, 11) is 0.0242. The van der Waals surface area contributed by atoms with E-state index in [1.165, 1.54) is 70.6 Å². The molecule has 0 fully saturated rings. The maximum Gasteiger partial charge on any atom is 0.147 e. The molecular formula is C16H32O2S. The molecule has 0 aromatic carbocycles. The first-order chi connectivity index (χ1) is 9.16. The molecular weight excluding hydrogens is 256 g/mol. The van der Waals surface area contributed by atoms with Crippen molar-refractivity contribution in [2.24, 2.45) is 0 Å². The zero-order valence-electron chi connectivity index (χ0n) is 12.9. The highest BCUT2D eigenvalue weighted by Crippen LogP contribution is 2.11. The summed E-state index contributed by atoms with van der Waals surface area (Å²) in [6, 6.07) is 0. The Balaban J connectivity index is 3.08. The van der Waals surface area contributed by atoms with Crippen LogP contribution in [-0.2, 0) is 15.7 Å². The van der Waals surface area contributed by atoms with Gasteiger partial charge >= 0.3 is 0 Å². The molecule has 114 valence electrons. The van der Waals surface area contributed by atoms with Gasteiger partial charge in [-0.1, -0.05) is 64.7 Å². The zero-order valence-corrected chi connectivity index (χ0v) is 13.7. The van der Waals surface area contributed by atoms with Crippen LogP contribution in [-0.4, -0.2) is 23.7 Å². The van der Waals surface area contributed by atoms with Gasteiger partial charge in [0.1, 0.15) is 11.5 Å². The van der Waals surface area contributed by atoms with Crippen LogP contribution in [0.25, 0.3) is 0 Å². The van der Waals surface area contributed by atoms with Crippen molar-refractivity contribution in [3.63, 3.8) is 0 Å². The molecule has 0 saturated carbocycles. The van der Waals surface area contributed by atoms with Crippen LogP contribution in [0.2, 0.25) is 0 Å². The van der Waals surface area contributed by atoms with E-state index in [1.807, 2.05) is 6.26 Å². The Hall–Kier alpha value is -0.180. The maximum absolute atomic E-state index is 10.4. The van der Waals surface area contributed by atoms with Crippen molar-refractivity contribution in [2.45, 2.75) is 77.6 Å². The third-order valence-corrected chi connectivity index (χ3v) is 5.17. The molecule has 0 aliphatic carbocycles. The molecule has 0 aromatic heterocycles. The standard InChI is InChI=1S/C16H32O2S/c1-3-4-5-6-7-8-9-10-11-12-13-14-19(2)15-16(17)18/h3-15H2,1-2H3. The fraction of sp³-hybridized carbons (Fsp3) is 0.938. The number of carbonyl (C=O) groups excluding carboxylic acids is 1. The average molecular weight is 288 g/mol. The molecule has 2 nitrogen and oxygen atoms in total.